The number of benzene rings is 6. The summed E-state index contributed by atoms with van der Waals surface area (Å²) >= 11 is 19.7. The Morgan fingerprint density at radius 3 is 1.20 bits per heavy atom. The van der Waals surface area contributed by atoms with Gasteiger partial charge in [-0.25, -0.2) is 29.9 Å². The molecule has 25 nitrogen and oxygen atoms in total. The molecular weight excluding hydrogens is 1910 g/mol. The van der Waals surface area contributed by atoms with Crippen molar-refractivity contribution in [3.05, 3.63) is 130 Å². The molecule has 0 saturated heterocycles. The minimum Gasteiger partial charge on any atom is -0.505 e. The molecule has 17 heterocycles. The highest BCUT2D eigenvalue weighted by Gasteiger charge is 2.36. The van der Waals surface area contributed by atoms with Gasteiger partial charge < -0.3 is 34.2 Å². The van der Waals surface area contributed by atoms with Gasteiger partial charge in [0.1, 0.15) is 126 Å². The van der Waals surface area contributed by atoms with E-state index in [0.29, 0.717) is 23.6 Å². The maximum absolute atomic E-state index is 11.5. The molecule has 0 saturated carbocycles. The topological polar surface area (TPSA) is 306 Å². The van der Waals surface area contributed by atoms with Crippen LogP contribution in [-0.4, -0.2) is 238 Å². The van der Waals surface area contributed by atoms with Crippen molar-refractivity contribution in [1.82, 2.24) is 29.9 Å². The molecule has 6 aromatic carbocycles. The van der Waals surface area contributed by atoms with E-state index in [4.69, 9.17) is 24.4 Å². The van der Waals surface area contributed by atoms with Crippen molar-refractivity contribution in [2.75, 3.05) is 122 Å². The van der Waals surface area contributed by atoms with Crippen LogP contribution in [0.25, 0.3) is 61.3 Å². The number of thiazole rings is 6. The largest absolute Gasteiger partial charge is 0.505 e. The molecule has 37 heteroatoms. The Bertz CT molecular complexity index is 6800. The number of thioether (sulfide) groups is 6. The van der Waals surface area contributed by atoms with Gasteiger partial charge in [-0.2, -0.15) is 0 Å². The fraction of sp³-hybridized carbons (Fsp3) is 0.438. The zero-order valence-electron chi connectivity index (χ0n) is 76.1. The lowest BCUT2D eigenvalue weighted by molar-refractivity contribution is -0.118. The number of ketones is 6. The van der Waals surface area contributed by atoms with E-state index in [2.05, 4.69) is 155 Å². The Kier molecular flexibility index (Phi) is 27.5. The molecule has 12 aliphatic rings. The van der Waals surface area contributed by atoms with E-state index >= 15 is 0 Å². The number of aromatic nitrogens is 6. The molecule has 12 aromatic rings. The highest BCUT2D eigenvalue weighted by atomic mass is 32.2. The van der Waals surface area contributed by atoms with Gasteiger partial charge in [-0.05, 0) is 200 Å². The second-order valence-electron chi connectivity index (χ2n) is 35.6. The summed E-state index contributed by atoms with van der Waals surface area (Å²) in [4.78, 5) is 133. The number of phenols is 1. The van der Waals surface area contributed by atoms with E-state index < -0.39 is 0 Å². The predicted molar refractivity (Wildman–Crippen MR) is 564 cm³/mol. The van der Waals surface area contributed by atoms with Gasteiger partial charge in [-0.15, -0.1) is 139 Å². The van der Waals surface area contributed by atoms with E-state index in [9.17, 15) is 33.9 Å². The quantitative estimate of drug-likeness (QED) is 0.119. The van der Waals surface area contributed by atoms with Crippen molar-refractivity contribution in [3.63, 3.8) is 0 Å². The minimum absolute atomic E-state index is 0.0899. The Balaban J connectivity index is 0.000000103. The van der Waals surface area contributed by atoms with Gasteiger partial charge in [-0.3, -0.25) is 58.7 Å². The van der Waals surface area contributed by atoms with Crippen LogP contribution < -0.4 is 29.1 Å². The van der Waals surface area contributed by atoms with Crippen molar-refractivity contribution in [1.29, 1.82) is 0 Å². The van der Waals surface area contributed by atoms with Crippen molar-refractivity contribution in [3.8, 4) is 17.2 Å². The van der Waals surface area contributed by atoms with Gasteiger partial charge in [0.05, 0.1) is 74.6 Å². The van der Waals surface area contributed by atoms with Gasteiger partial charge in [0, 0.05) is 117 Å². The van der Waals surface area contributed by atoms with Crippen LogP contribution in [0, 0.1) is 6.92 Å². The van der Waals surface area contributed by atoms with Gasteiger partial charge in [0.25, 0.3) is 0 Å². The number of likely N-dealkylation sites (N-methyl/N-ethyl adjacent to an activating group) is 2. The molecule has 133 heavy (non-hydrogen) atoms. The molecule has 690 valence electrons. The summed E-state index contributed by atoms with van der Waals surface area (Å²) in [6.07, 6.45) is 11.3. The third-order valence-electron chi connectivity index (χ3n) is 25.6. The SMILES string of the molecule is CC(=O)[C@H]1CSC(c2nc3c(C)c4c(cc3s2)N(C)CCC4)=N1.CC(=O)[C@H]1CSC(c2nc3c(O)c4c(cc3s2)N(C)CC4)=N1.CC(=O)[C@H]1CSC(c2nc3cc4c(cc3s2)CCCC4(C)C)=N1.CC(=O)[C@H]1CSC(c2nc3cc4c(cc3s2)CCCO4)=N1.CC(=O)[C@H]1CSC(c2nc3cc4c(cc3s2)N(C)CCC4)=N1.CC(=O)[C@H]1CSC(c2nc3cc4c(cc3s2)N(C)CCO4)=N1. The normalized spacial score (nSPS) is 21.2. The number of aryl methyl sites for hydroxylation is 4. The number of rotatable bonds is 12. The molecule has 0 unspecified atom stereocenters. The number of carbonyl (C=O) groups excluding carboxylic acids is 6. The number of aliphatic imine (C=N–C) groups is 6. The minimum atomic E-state index is -0.253. The third kappa shape index (κ3) is 19.6. The fourth-order valence-electron chi connectivity index (χ4n) is 17.8. The van der Waals surface area contributed by atoms with Crippen molar-refractivity contribution in [2.45, 2.75) is 168 Å². The van der Waals surface area contributed by atoms with Crippen molar-refractivity contribution < 1.29 is 43.3 Å². The first kappa shape index (κ1) is 93.4. The number of hydrogen-bond acceptors (Lipinski definition) is 37. The fourth-order valence-corrected chi connectivity index (χ4v) is 30.9. The number of hydrogen-bond donors (Lipinski definition) is 1. The van der Waals surface area contributed by atoms with E-state index in [-0.39, 0.29) is 76.4 Å². The molecule has 24 rings (SSSR count). The molecule has 0 radical (unpaired) electrons. The molecule has 0 bridgehead atoms. The summed E-state index contributed by atoms with van der Waals surface area (Å²) in [5.74, 6) is 7.31. The van der Waals surface area contributed by atoms with Crippen molar-refractivity contribution >= 4 is 288 Å². The molecular formula is C96H100N16O9S12. The van der Waals surface area contributed by atoms with Crippen LogP contribution in [0.1, 0.15) is 156 Å². The second kappa shape index (κ2) is 39.1. The molecule has 1 aliphatic carbocycles. The number of Topliss-reactive ketones (excluding diaryl/α,β-unsaturated/α-hetero) is 6. The van der Waals surface area contributed by atoms with Crippen LogP contribution in [0.3, 0.4) is 0 Å². The highest BCUT2D eigenvalue weighted by Crippen LogP contribution is 2.48. The standard InChI is InChI=1S/C18H20N2OS2.C17H19N3OS2.C16H17N3OS2.2C15H15N3O2S2.C15H14N2O2S2/c1-10(21)14-9-22-16(20-14)17-19-13-8-12-11(7-15(13)23-17)5-4-6-18(12,2)3;1-9-11-5-4-6-20(3)13(11)7-14-15(9)19-17(23-14)16-18-12(8-22-16)10(2)21;1-9(20)12-8-21-15(18-12)16-17-11-6-10-4-3-5-19(2)13(10)7-14(11)22-16;1-8(19)10-7-21-14(17-10)15-16-9-5-12-11(6-13(9)22-15)18(2)3-4-20-12;1-7(19)9-6-21-14(16-9)15-17-12-11(22-15)5-10-8(13(12)20)3-4-18(10)2;1-8(18)11-7-20-14(17-11)15-16-10-6-12-9(3-2-4-19-12)5-13(10)21-15/h7-8,14H,4-6,9H2,1-3H3;7,12H,4-6,8H2,1-3H3;6-7,12H,3-5,8H2,1-2H3;5-6,10H,3-4,7H2,1-2H3;5,9,20H,3-4,6H2,1-2H3;5-6,11H,2-4,7H2,1H3/t14-;2*12-;10-;9-;11-/m111111/s1. The van der Waals surface area contributed by atoms with Crippen LogP contribution in [0.15, 0.2) is 90.6 Å². The summed E-state index contributed by atoms with van der Waals surface area (Å²) in [7, 11) is 8.43. The zero-order chi connectivity index (χ0) is 92.7. The third-order valence-corrected chi connectivity index (χ3v) is 38.8. The number of phenolic OH excluding ortho intramolecular Hbond substituents is 1. The summed E-state index contributed by atoms with van der Waals surface area (Å²) in [5.41, 5.74) is 20.2. The summed E-state index contributed by atoms with van der Waals surface area (Å²) in [5, 5.41) is 21.4. The average molecular weight is 2010 g/mol. The van der Waals surface area contributed by atoms with E-state index in [1.54, 1.807) is 169 Å². The zero-order valence-corrected chi connectivity index (χ0v) is 85.9. The van der Waals surface area contributed by atoms with Crippen LogP contribution in [0.2, 0.25) is 0 Å². The maximum Gasteiger partial charge on any atom is 0.155 e. The molecule has 0 amide bonds. The first-order chi connectivity index (χ1) is 64.0. The smallest absolute Gasteiger partial charge is 0.155 e. The highest BCUT2D eigenvalue weighted by molar-refractivity contribution is 8.16. The Morgan fingerprint density at radius 2 is 0.714 bits per heavy atom. The molecule has 0 spiro atoms. The number of aromatic hydroxyl groups is 1. The van der Waals surface area contributed by atoms with Crippen LogP contribution in [0.4, 0.5) is 22.7 Å². The van der Waals surface area contributed by atoms with Gasteiger partial charge in [0.2, 0.25) is 0 Å². The van der Waals surface area contributed by atoms with E-state index in [1.807, 2.05) is 19.2 Å². The van der Waals surface area contributed by atoms with Crippen LogP contribution >= 0.6 is 139 Å². The van der Waals surface area contributed by atoms with Gasteiger partial charge >= 0.3 is 0 Å². The molecule has 6 aromatic heterocycles. The summed E-state index contributed by atoms with van der Waals surface area (Å²) in [6, 6.07) is 20.6. The lowest BCUT2D eigenvalue weighted by Crippen LogP contribution is -2.28. The monoisotopic (exact) mass is 2000 g/mol. The number of anilines is 4. The first-order valence-electron chi connectivity index (χ1n) is 44.7. The average Bonchev–Trinajstić information content (AvgIpc) is 1.62. The summed E-state index contributed by atoms with van der Waals surface area (Å²) in [6.45, 7) is 22.0. The number of nitrogens with zero attached hydrogens (tertiary/aromatic N) is 16. The Hall–Kier alpha value is -8.60. The molecule has 11 aliphatic heterocycles. The summed E-state index contributed by atoms with van der Waals surface area (Å²) < 4.78 is 18.4. The predicted octanol–water partition coefficient (Wildman–Crippen LogP) is 19.0. The molecule has 1 N–H and O–H groups in total. The number of fused-ring (bicyclic) bond motifs is 12. The van der Waals surface area contributed by atoms with Gasteiger partial charge in [-0.1, -0.05) is 13.8 Å². The second-order valence-corrected chi connectivity index (χ2v) is 47.8. The maximum atomic E-state index is 11.5. The Morgan fingerprint density at radius 1 is 0.353 bits per heavy atom. The number of carbonyl (C=O) groups is 6. The molecule has 6 atom stereocenters. The lowest BCUT2D eigenvalue weighted by Gasteiger charge is -2.32. The van der Waals surface area contributed by atoms with Crippen LogP contribution in [-0.2, 0) is 66.3 Å². The van der Waals surface area contributed by atoms with E-state index in [0.717, 1.165) is 219 Å². The Labute approximate surface area is 820 Å². The number of ether oxygens (including phenoxy) is 2. The first-order valence-corrected chi connectivity index (χ1v) is 55.5. The lowest BCUT2D eigenvalue weighted by atomic mass is 9.73. The van der Waals surface area contributed by atoms with Crippen molar-refractivity contribution in [2.24, 2.45) is 30.0 Å². The molecule has 0 fully saturated rings. The van der Waals surface area contributed by atoms with Crippen LogP contribution in [0.5, 0.6) is 17.2 Å². The van der Waals surface area contributed by atoms with E-state index in [1.165, 1.54) is 107 Å². The van der Waals surface area contributed by atoms with Gasteiger partial charge in [0.15, 0.2) is 34.7 Å².